The molecule has 0 aromatic heterocycles. The van der Waals surface area contributed by atoms with Crippen LogP contribution < -0.4 is 0 Å². The predicted octanol–water partition coefficient (Wildman–Crippen LogP) is 5.87. The highest BCUT2D eigenvalue weighted by Crippen LogP contribution is 2.39. The number of likely N-dealkylation sites (tertiary alicyclic amines) is 1. The van der Waals surface area contributed by atoms with E-state index in [1.165, 1.54) is 5.56 Å². The summed E-state index contributed by atoms with van der Waals surface area (Å²) >= 11 is 12.1. The third-order valence-corrected chi connectivity index (χ3v) is 5.81. The summed E-state index contributed by atoms with van der Waals surface area (Å²) in [6, 6.07) is 15.7. The summed E-state index contributed by atoms with van der Waals surface area (Å²) < 4.78 is 0. The van der Waals surface area contributed by atoms with Crippen molar-refractivity contribution in [3.63, 3.8) is 0 Å². The van der Waals surface area contributed by atoms with Gasteiger partial charge in [0.2, 0.25) is 0 Å². The summed E-state index contributed by atoms with van der Waals surface area (Å²) in [4.78, 5) is 15.7. The average Bonchev–Trinajstić information content (AvgIpc) is 3.02. The van der Waals surface area contributed by atoms with Crippen LogP contribution in [0.3, 0.4) is 0 Å². The van der Waals surface area contributed by atoms with E-state index in [0.717, 1.165) is 38.9 Å². The Morgan fingerprint density at radius 2 is 1.88 bits per heavy atom. The van der Waals surface area contributed by atoms with Gasteiger partial charge >= 0.3 is 0 Å². The molecule has 1 heterocycles. The lowest BCUT2D eigenvalue weighted by atomic mass is 9.76. The van der Waals surface area contributed by atoms with E-state index in [1.54, 1.807) is 18.2 Å². The minimum Gasteiger partial charge on any atom is -0.298 e. The molecular weight excluding hydrogens is 353 g/mol. The molecule has 2 aromatic rings. The first-order chi connectivity index (χ1) is 12.0. The lowest BCUT2D eigenvalue weighted by Gasteiger charge is -2.28. The lowest BCUT2D eigenvalue weighted by molar-refractivity contribution is 0.0780. The molecule has 1 fully saturated rings. The number of hydrogen-bond donors (Lipinski definition) is 0. The smallest absolute Gasteiger partial charge is 0.170 e. The van der Waals surface area contributed by atoms with Gasteiger partial charge in [0.05, 0.1) is 10.0 Å². The molecule has 2 aromatic carbocycles. The number of rotatable bonds is 6. The van der Waals surface area contributed by atoms with Gasteiger partial charge in [0, 0.05) is 24.1 Å². The minimum atomic E-state index is -0.319. The molecule has 0 radical (unpaired) electrons. The van der Waals surface area contributed by atoms with Crippen LogP contribution in [0.15, 0.2) is 48.5 Å². The summed E-state index contributed by atoms with van der Waals surface area (Å²) in [7, 11) is 0. The third kappa shape index (κ3) is 4.08. The molecule has 0 N–H and O–H groups in total. The van der Waals surface area contributed by atoms with Crippen LogP contribution in [-0.2, 0) is 6.54 Å². The van der Waals surface area contributed by atoms with Gasteiger partial charge in [-0.1, -0.05) is 66.9 Å². The van der Waals surface area contributed by atoms with E-state index in [-0.39, 0.29) is 11.2 Å². The quantitative estimate of drug-likeness (QED) is 0.588. The molecule has 4 heteroatoms. The highest BCUT2D eigenvalue weighted by molar-refractivity contribution is 6.42. The minimum absolute atomic E-state index is 0.198. The first-order valence-electron chi connectivity index (χ1n) is 8.80. The number of ketones is 1. The molecule has 0 spiro atoms. The maximum atomic E-state index is 13.3. The summed E-state index contributed by atoms with van der Waals surface area (Å²) in [6.07, 6.45) is 2.79. The van der Waals surface area contributed by atoms with Crippen LogP contribution in [-0.4, -0.2) is 23.8 Å². The first-order valence-corrected chi connectivity index (χ1v) is 9.56. The fourth-order valence-electron chi connectivity index (χ4n) is 3.86. The van der Waals surface area contributed by atoms with Crippen LogP contribution in [0.4, 0.5) is 0 Å². The number of hydrogen-bond acceptors (Lipinski definition) is 2. The fraction of sp³-hybridized carbons (Fsp3) is 0.381. The van der Waals surface area contributed by atoms with Crippen LogP contribution in [0.25, 0.3) is 0 Å². The van der Waals surface area contributed by atoms with Crippen molar-refractivity contribution in [3.8, 4) is 0 Å². The number of carbonyl (C=O) groups excluding carboxylic acids is 1. The van der Waals surface area contributed by atoms with Crippen LogP contribution in [0.5, 0.6) is 0 Å². The molecule has 25 heavy (non-hydrogen) atoms. The van der Waals surface area contributed by atoms with Gasteiger partial charge in [0.15, 0.2) is 5.78 Å². The van der Waals surface area contributed by atoms with Crippen LogP contribution in [0, 0.1) is 5.41 Å². The second-order valence-corrected chi connectivity index (χ2v) is 7.75. The largest absolute Gasteiger partial charge is 0.298 e. The Kier molecular flexibility index (Phi) is 5.83. The zero-order valence-electron chi connectivity index (χ0n) is 14.5. The van der Waals surface area contributed by atoms with Crippen LogP contribution >= 0.6 is 23.2 Å². The van der Waals surface area contributed by atoms with E-state index in [9.17, 15) is 4.79 Å². The molecule has 2 nitrogen and oxygen atoms in total. The number of nitrogens with zero attached hydrogens (tertiary/aromatic N) is 1. The van der Waals surface area contributed by atoms with Crippen molar-refractivity contribution in [2.45, 2.75) is 32.7 Å². The van der Waals surface area contributed by atoms with Crippen molar-refractivity contribution in [1.82, 2.24) is 4.90 Å². The zero-order valence-corrected chi connectivity index (χ0v) is 16.0. The Morgan fingerprint density at radius 3 is 2.56 bits per heavy atom. The summed E-state index contributed by atoms with van der Waals surface area (Å²) in [6.45, 7) is 4.78. The monoisotopic (exact) mass is 375 g/mol. The highest BCUT2D eigenvalue weighted by atomic mass is 35.5. The summed E-state index contributed by atoms with van der Waals surface area (Å²) in [5, 5.41) is 0.929. The molecule has 0 saturated carbocycles. The van der Waals surface area contributed by atoms with E-state index >= 15 is 0 Å². The van der Waals surface area contributed by atoms with E-state index in [0.29, 0.717) is 15.6 Å². The third-order valence-electron chi connectivity index (χ3n) is 5.07. The number of Topliss-reactive ketones (excluding diaryl/α,β-unsaturated/α-hetero) is 1. The topological polar surface area (TPSA) is 20.3 Å². The molecule has 1 atom stereocenters. The SMILES string of the molecule is CCC[C@@]1(C(=O)c2ccc(Cl)c(Cl)c2)CCN(Cc2ccccc2)C1. The zero-order chi connectivity index (χ0) is 17.9. The second kappa shape index (κ2) is 7.90. The van der Waals surface area contributed by atoms with Gasteiger partial charge in [-0.25, -0.2) is 0 Å². The molecular formula is C21H23Cl2NO. The van der Waals surface area contributed by atoms with E-state index < -0.39 is 0 Å². The first kappa shape index (κ1) is 18.4. The van der Waals surface area contributed by atoms with Gasteiger partial charge in [0.25, 0.3) is 0 Å². The van der Waals surface area contributed by atoms with Gasteiger partial charge in [-0.15, -0.1) is 0 Å². The Morgan fingerprint density at radius 1 is 1.12 bits per heavy atom. The predicted molar refractivity (Wildman–Crippen MR) is 104 cm³/mol. The average molecular weight is 376 g/mol. The molecule has 0 amide bonds. The Labute approximate surface area is 159 Å². The highest BCUT2D eigenvalue weighted by Gasteiger charge is 2.43. The number of carbonyl (C=O) groups is 1. The molecule has 3 rings (SSSR count). The van der Waals surface area contributed by atoms with Crippen molar-refractivity contribution in [2.24, 2.45) is 5.41 Å². The van der Waals surface area contributed by atoms with Crippen LogP contribution in [0.2, 0.25) is 10.0 Å². The van der Waals surface area contributed by atoms with Crippen molar-refractivity contribution in [1.29, 1.82) is 0 Å². The van der Waals surface area contributed by atoms with Gasteiger partial charge in [-0.2, -0.15) is 0 Å². The van der Waals surface area contributed by atoms with Crippen molar-refractivity contribution >= 4 is 29.0 Å². The normalized spacial score (nSPS) is 20.8. The lowest BCUT2D eigenvalue weighted by Crippen LogP contribution is -2.34. The molecule has 0 unspecified atom stereocenters. The van der Waals surface area contributed by atoms with Crippen molar-refractivity contribution < 1.29 is 4.79 Å². The van der Waals surface area contributed by atoms with Crippen molar-refractivity contribution in [3.05, 3.63) is 69.7 Å². The number of benzene rings is 2. The standard InChI is InChI=1S/C21H23Cl2NO/c1-2-10-21(20(25)17-8-9-18(22)19(23)13-17)11-12-24(15-21)14-16-6-4-3-5-7-16/h3-9,13H,2,10-12,14-15H2,1H3/t21-/m1/s1. The summed E-state index contributed by atoms with van der Waals surface area (Å²) in [5.41, 5.74) is 1.64. The Balaban J connectivity index is 1.80. The maximum Gasteiger partial charge on any atom is 0.170 e. The second-order valence-electron chi connectivity index (χ2n) is 6.93. The Bertz CT molecular complexity index is 747. The van der Waals surface area contributed by atoms with Crippen molar-refractivity contribution in [2.75, 3.05) is 13.1 Å². The van der Waals surface area contributed by atoms with E-state index in [2.05, 4.69) is 36.1 Å². The van der Waals surface area contributed by atoms with E-state index in [4.69, 9.17) is 23.2 Å². The molecule has 0 bridgehead atoms. The van der Waals surface area contributed by atoms with Crippen LogP contribution in [0.1, 0.15) is 42.1 Å². The van der Waals surface area contributed by atoms with Gasteiger partial charge in [-0.05, 0) is 43.1 Å². The number of halogens is 2. The molecule has 0 aliphatic carbocycles. The molecule has 1 saturated heterocycles. The maximum absolute atomic E-state index is 13.3. The van der Waals surface area contributed by atoms with E-state index in [1.807, 2.05) is 6.07 Å². The molecule has 132 valence electrons. The van der Waals surface area contributed by atoms with Gasteiger partial charge < -0.3 is 0 Å². The Hall–Kier alpha value is -1.35. The van der Waals surface area contributed by atoms with Gasteiger partial charge in [0.1, 0.15) is 0 Å². The summed E-state index contributed by atoms with van der Waals surface area (Å²) in [5.74, 6) is 0.198. The fourth-order valence-corrected chi connectivity index (χ4v) is 4.16. The molecule has 1 aliphatic rings. The molecule has 1 aliphatic heterocycles. The van der Waals surface area contributed by atoms with Gasteiger partial charge in [-0.3, -0.25) is 9.69 Å².